The predicted octanol–water partition coefficient (Wildman–Crippen LogP) is -0.618. The van der Waals surface area contributed by atoms with Crippen LogP contribution in [0.25, 0.3) is 0 Å². The second kappa shape index (κ2) is 6.98. The number of carboxylic acid groups (broad SMARTS) is 1. The minimum Gasteiger partial charge on any atom is -0.481 e. The third-order valence-corrected chi connectivity index (χ3v) is 5.13. The minimum absolute atomic E-state index is 0.00729. The summed E-state index contributed by atoms with van der Waals surface area (Å²) in [6.45, 7) is 2.83. The van der Waals surface area contributed by atoms with Crippen molar-refractivity contribution in [1.29, 1.82) is 0 Å². The lowest BCUT2D eigenvalue weighted by Crippen LogP contribution is -2.42. The van der Waals surface area contributed by atoms with Gasteiger partial charge in [-0.25, -0.2) is 0 Å². The van der Waals surface area contributed by atoms with Crippen LogP contribution in [0.2, 0.25) is 6.32 Å². The van der Waals surface area contributed by atoms with Gasteiger partial charge >= 0.3 is 13.1 Å². The number of carboxylic acids is 1. The van der Waals surface area contributed by atoms with Crippen molar-refractivity contribution in [2.75, 3.05) is 13.1 Å². The predicted molar refractivity (Wildman–Crippen MR) is 80.7 cm³/mol. The number of rotatable bonds is 6. The fourth-order valence-corrected chi connectivity index (χ4v) is 4.13. The summed E-state index contributed by atoms with van der Waals surface area (Å²) in [5, 5.41) is 27.3. The molecule has 5 atom stereocenters. The number of carbonyl (C=O) groups is 2. The van der Waals surface area contributed by atoms with E-state index in [4.69, 9.17) is 15.8 Å². The first-order valence-electron chi connectivity index (χ1n) is 7.94. The Hall–Kier alpha value is -1.12. The van der Waals surface area contributed by atoms with Crippen LogP contribution in [-0.4, -0.2) is 58.2 Å². The molecule has 0 aromatic heterocycles. The maximum absolute atomic E-state index is 12.0. The standard InChI is InChI=1S/C14H25BN2O5/c1-8(16)13(18)17-6-9-5-11(14(19)20)10(12(9)7-17)3-2-4-15(21)22/h8-12,21-22H,2-7,16H2,1H3,(H,19,20). The third kappa shape index (κ3) is 3.61. The lowest BCUT2D eigenvalue weighted by atomic mass is 9.78. The van der Waals surface area contributed by atoms with Crippen LogP contribution in [0.5, 0.6) is 0 Å². The van der Waals surface area contributed by atoms with E-state index in [1.807, 2.05) is 0 Å². The SMILES string of the molecule is CC(N)C(=O)N1CC2CC(C(=O)O)C(CCCB(O)O)C2C1. The fourth-order valence-electron chi connectivity index (χ4n) is 4.13. The van der Waals surface area contributed by atoms with Crippen molar-refractivity contribution >= 4 is 19.0 Å². The minimum atomic E-state index is -1.35. The molecule has 0 bridgehead atoms. The van der Waals surface area contributed by atoms with Gasteiger partial charge in [0, 0.05) is 13.1 Å². The number of amides is 1. The van der Waals surface area contributed by atoms with Gasteiger partial charge in [-0.2, -0.15) is 0 Å². The fraction of sp³-hybridized carbons (Fsp3) is 0.857. The van der Waals surface area contributed by atoms with Gasteiger partial charge < -0.3 is 25.8 Å². The molecule has 5 N–H and O–H groups in total. The molecular formula is C14H25BN2O5. The van der Waals surface area contributed by atoms with E-state index < -0.39 is 25.0 Å². The van der Waals surface area contributed by atoms with Crippen molar-refractivity contribution in [2.45, 2.75) is 38.5 Å². The Balaban J connectivity index is 2.01. The smallest absolute Gasteiger partial charge is 0.451 e. The number of hydrogen-bond acceptors (Lipinski definition) is 5. The first-order valence-corrected chi connectivity index (χ1v) is 7.94. The second-order valence-corrected chi connectivity index (χ2v) is 6.71. The van der Waals surface area contributed by atoms with Crippen LogP contribution >= 0.6 is 0 Å². The normalized spacial score (nSPS) is 31.9. The topological polar surface area (TPSA) is 124 Å². The van der Waals surface area contributed by atoms with Gasteiger partial charge in [0.05, 0.1) is 12.0 Å². The van der Waals surface area contributed by atoms with Crippen LogP contribution in [-0.2, 0) is 9.59 Å². The number of carbonyl (C=O) groups excluding carboxylic acids is 1. The lowest BCUT2D eigenvalue weighted by molar-refractivity contribution is -0.143. The second-order valence-electron chi connectivity index (χ2n) is 6.71. The van der Waals surface area contributed by atoms with Crippen molar-refractivity contribution in [3.63, 3.8) is 0 Å². The van der Waals surface area contributed by atoms with Crippen LogP contribution in [0.4, 0.5) is 0 Å². The van der Waals surface area contributed by atoms with Crippen molar-refractivity contribution in [3.8, 4) is 0 Å². The van der Waals surface area contributed by atoms with Gasteiger partial charge in [-0.3, -0.25) is 9.59 Å². The van der Waals surface area contributed by atoms with Crippen LogP contribution in [0, 0.1) is 23.7 Å². The summed E-state index contributed by atoms with van der Waals surface area (Å²) in [4.78, 5) is 25.2. The Morgan fingerprint density at radius 3 is 2.59 bits per heavy atom. The van der Waals surface area contributed by atoms with Gasteiger partial charge in [-0.1, -0.05) is 6.42 Å². The van der Waals surface area contributed by atoms with Crippen LogP contribution in [0.1, 0.15) is 26.2 Å². The highest BCUT2D eigenvalue weighted by Gasteiger charge is 2.51. The average molecular weight is 312 g/mol. The Kier molecular flexibility index (Phi) is 5.47. The van der Waals surface area contributed by atoms with Crippen molar-refractivity contribution < 1.29 is 24.7 Å². The monoisotopic (exact) mass is 312 g/mol. The number of hydrogen-bond donors (Lipinski definition) is 4. The van der Waals surface area contributed by atoms with E-state index in [0.717, 1.165) is 0 Å². The molecule has 1 heterocycles. The summed E-state index contributed by atoms with van der Waals surface area (Å²) in [5.41, 5.74) is 5.65. The molecule has 1 aliphatic heterocycles. The van der Waals surface area contributed by atoms with E-state index in [2.05, 4.69) is 0 Å². The van der Waals surface area contributed by atoms with Gasteiger partial charge in [-0.05, 0) is 43.8 Å². The Bertz CT molecular complexity index is 431. The van der Waals surface area contributed by atoms with Crippen LogP contribution in [0.3, 0.4) is 0 Å². The molecule has 1 aliphatic carbocycles. The van der Waals surface area contributed by atoms with E-state index in [1.54, 1.807) is 11.8 Å². The molecule has 22 heavy (non-hydrogen) atoms. The van der Waals surface area contributed by atoms with Gasteiger partial charge in [0.25, 0.3) is 0 Å². The van der Waals surface area contributed by atoms with Gasteiger partial charge in [0.2, 0.25) is 5.91 Å². The number of likely N-dealkylation sites (tertiary alicyclic amines) is 1. The number of aliphatic carboxylic acids is 1. The maximum Gasteiger partial charge on any atom is 0.451 e. The molecule has 5 unspecified atom stereocenters. The molecule has 1 saturated carbocycles. The molecule has 0 aromatic rings. The van der Waals surface area contributed by atoms with Crippen molar-refractivity contribution in [3.05, 3.63) is 0 Å². The number of nitrogens with zero attached hydrogens (tertiary/aromatic N) is 1. The molecule has 8 heteroatoms. The third-order valence-electron chi connectivity index (χ3n) is 5.13. The highest BCUT2D eigenvalue weighted by Crippen LogP contribution is 2.48. The molecule has 0 radical (unpaired) electrons. The van der Waals surface area contributed by atoms with E-state index in [9.17, 15) is 14.7 Å². The molecule has 1 amide bonds. The first kappa shape index (κ1) is 17.2. The first-order chi connectivity index (χ1) is 10.3. The molecule has 2 fully saturated rings. The molecule has 0 spiro atoms. The lowest BCUT2D eigenvalue weighted by Gasteiger charge is -2.25. The molecule has 1 saturated heterocycles. The van der Waals surface area contributed by atoms with Gasteiger partial charge in [0.15, 0.2) is 0 Å². The van der Waals surface area contributed by atoms with Gasteiger partial charge in [0.1, 0.15) is 0 Å². The summed E-state index contributed by atoms with van der Waals surface area (Å²) in [7, 11) is -1.35. The van der Waals surface area contributed by atoms with E-state index in [0.29, 0.717) is 32.4 Å². The number of fused-ring (bicyclic) bond motifs is 1. The van der Waals surface area contributed by atoms with Crippen molar-refractivity contribution in [1.82, 2.24) is 4.90 Å². The molecule has 2 rings (SSSR count). The summed E-state index contributed by atoms with van der Waals surface area (Å²) >= 11 is 0. The van der Waals surface area contributed by atoms with E-state index in [1.165, 1.54) is 0 Å². The van der Waals surface area contributed by atoms with E-state index >= 15 is 0 Å². The zero-order valence-electron chi connectivity index (χ0n) is 12.9. The highest BCUT2D eigenvalue weighted by atomic mass is 16.4. The number of nitrogens with two attached hydrogens (primary N) is 1. The maximum atomic E-state index is 12.0. The van der Waals surface area contributed by atoms with Crippen LogP contribution in [0.15, 0.2) is 0 Å². The zero-order chi connectivity index (χ0) is 16.4. The summed E-state index contributed by atoms with van der Waals surface area (Å²) in [6.07, 6.45) is 2.07. The average Bonchev–Trinajstić information content (AvgIpc) is 2.96. The van der Waals surface area contributed by atoms with Gasteiger partial charge in [-0.15, -0.1) is 0 Å². The molecule has 2 aliphatic rings. The van der Waals surface area contributed by atoms with E-state index in [-0.39, 0.29) is 30.0 Å². The van der Waals surface area contributed by atoms with Crippen molar-refractivity contribution in [2.24, 2.45) is 29.4 Å². The Morgan fingerprint density at radius 1 is 1.36 bits per heavy atom. The summed E-state index contributed by atoms with van der Waals surface area (Å²) in [6, 6.07) is -0.530. The molecular weight excluding hydrogens is 287 g/mol. The van der Waals surface area contributed by atoms with Crippen LogP contribution < -0.4 is 5.73 Å². The molecule has 124 valence electrons. The Labute approximate surface area is 130 Å². The quantitative estimate of drug-likeness (QED) is 0.485. The summed E-state index contributed by atoms with van der Waals surface area (Å²) in [5.74, 6) is -0.863. The zero-order valence-corrected chi connectivity index (χ0v) is 12.9. The Morgan fingerprint density at radius 2 is 2.05 bits per heavy atom. The molecule has 0 aromatic carbocycles. The summed E-state index contributed by atoms with van der Waals surface area (Å²) < 4.78 is 0. The highest BCUT2D eigenvalue weighted by molar-refractivity contribution is 6.40. The largest absolute Gasteiger partial charge is 0.481 e. The molecule has 7 nitrogen and oxygen atoms in total.